The molecule has 0 saturated heterocycles. The third kappa shape index (κ3) is 2.31. The van der Waals surface area contributed by atoms with Crippen molar-refractivity contribution in [2.45, 2.75) is 19.8 Å². The van der Waals surface area contributed by atoms with Gasteiger partial charge in [-0.3, -0.25) is 0 Å². The molecule has 3 heteroatoms. The molecule has 13 heavy (non-hydrogen) atoms. The molecule has 0 bridgehead atoms. The van der Waals surface area contributed by atoms with Crippen molar-refractivity contribution in [3.05, 3.63) is 21.9 Å². The van der Waals surface area contributed by atoms with Crippen molar-refractivity contribution in [3.63, 3.8) is 0 Å². The highest BCUT2D eigenvalue weighted by molar-refractivity contribution is 7.12. The Balaban J connectivity index is 1.88. The Labute approximate surface area is 81.5 Å². The topological polar surface area (TPSA) is 26.3 Å². The minimum absolute atomic E-state index is 0.162. The molecule has 0 amide bonds. The summed E-state index contributed by atoms with van der Waals surface area (Å²) < 4.78 is 5.14. The van der Waals surface area contributed by atoms with Crippen LogP contribution < -0.4 is 0 Å². The van der Waals surface area contributed by atoms with E-state index >= 15 is 0 Å². The monoisotopic (exact) mass is 196 g/mol. The van der Waals surface area contributed by atoms with E-state index in [1.807, 2.05) is 18.4 Å². The second-order valence-electron chi connectivity index (χ2n) is 3.53. The van der Waals surface area contributed by atoms with Gasteiger partial charge in [-0.25, -0.2) is 4.79 Å². The number of rotatable bonds is 3. The molecular weight excluding hydrogens is 184 g/mol. The summed E-state index contributed by atoms with van der Waals surface area (Å²) in [6.07, 6.45) is 2.44. The molecule has 0 spiro atoms. The summed E-state index contributed by atoms with van der Waals surface area (Å²) >= 11 is 1.46. The van der Waals surface area contributed by atoms with E-state index in [1.54, 1.807) is 0 Å². The fraction of sp³-hybridized carbons (Fsp3) is 0.500. The van der Waals surface area contributed by atoms with Crippen LogP contribution in [-0.4, -0.2) is 12.6 Å². The van der Waals surface area contributed by atoms with Gasteiger partial charge in [-0.05, 0) is 42.7 Å². The minimum Gasteiger partial charge on any atom is -0.461 e. The van der Waals surface area contributed by atoms with Gasteiger partial charge in [0.2, 0.25) is 0 Å². The van der Waals surface area contributed by atoms with Gasteiger partial charge in [0.15, 0.2) is 0 Å². The van der Waals surface area contributed by atoms with E-state index in [-0.39, 0.29) is 5.97 Å². The van der Waals surface area contributed by atoms with E-state index in [0.29, 0.717) is 12.5 Å². The van der Waals surface area contributed by atoms with Crippen molar-refractivity contribution >= 4 is 17.3 Å². The molecule has 70 valence electrons. The molecule has 0 unspecified atom stereocenters. The normalized spacial score (nSPS) is 15.8. The number of hydrogen-bond donors (Lipinski definition) is 0. The molecule has 0 aromatic carbocycles. The Morgan fingerprint density at radius 1 is 1.69 bits per heavy atom. The number of hydrogen-bond acceptors (Lipinski definition) is 3. The van der Waals surface area contributed by atoms with E-state index < -0.39 is 0 Å². The van der Waals surface area contributed by atoms with Crippen LogP contribution in [0.3, 0.4) is 0 Å². The third-order valence-electron chi connectivity index (χ3n) is 2.08. The lowest BCUT2D eigenvalue weighted by molar-refractivity contribution is 0.0492. The third-order valence-corrected chi connectivity index (χ3v) is 3.11. The number of carbonyl (C=O) groups excluding carboxylic acids is 1. The van der Waals surface area contributed by atoms with Crippen molar-refractivity contribution in [2.75, 3.05) is 6.61 Å². The van der Waals surface area contributed by atoms with Gasteiger partial charge in [-0.1, -0.05) is 0 Å². The van der Waals surface area contributed by atoms with Gasteiger partial charge < -0.3 is 4.74 Å². The molecule has 1 aromatic heterocycles. The van der Waals surface area contributed by atoms with Crippen LogP contribution >= 0.6 is 11.3 Å². The Hall–Kier alpha value is -0.830. The summed E-state index contributed by atoms with van der Waals surface area (Å²) in [5.74, 6) is 0.481. The predicted octanol–water partition coefficient (Wildman–Crippen LogP) is 2.62. The predicted molar refractivity (Wildman–Crippen MR) is 52.1 cm³/mol. The van der Waals surface area contributed by atoms with Gasteiger partial charge in [-0.15, -0.1) is 11.3 Å². The quantitative estimate of drug-likeness (QED) is 0.695. The number of aryl methyl sites for hydroxylation is 1. The Kier molecular flexibility index (Phi) is 2.36. The second kappa shape index (κ2) is 3.50. The van der Waals surface area contributed by atoms with E-state index in [1.165, 1.54) is 24.2 Å². The van der Waals surface area contributed by atoms with Gasteiger partial charge in [-0.2, -0.15) is 0 Å². The summed E-state index contributed by atoms with van der Waals surface area (Å²) in [6.45, 7) is 2.59. The summed E-state index contributed by atoms with van der Waals surface area (Å²) in [6, 6.07) is 1.87. The van der Waals surface area contributed by atoms with Crippen molar-refractivity contribution < 1.29 is 9.53 Å². The molecule has 1 aliphatic rings. The fourth-order valence-electron chi connectivity index (χ4n) is 1.09. The summed E-state index contributed by atoms with van der Waals surface area (Å²) in [5.41, 5.74) is 1.13. The van der Waals surface area contributed by atoms with Gasteiger partial charge in [0, 0.05) is 0 Å². The van der Waals surface area contributed by atoms with Gasteiger partial charge in [0.1, 0.15) is 4.88 Å². The van der Waals surface area contributed by atoms with Gasteiger partial charge >= 0.3 is 5.97 Å². The van der Waals surface area contributed by atoms with E-state index in [9.17, 15) is 4.79 Å². The maximum Gasteiger partial charge on any atom is 0.348 e. The Morgan fingerprint density at radius 2 is 2.46 bits per heavy atom. The smallest absolute Gasteiger partial charge is 0.348 e. The summed E-state index contributed by atoms with van der Waals surface area (Å²) in [7, 11) is 0. The SMILES string of the molecule is Cc1csc(C(=O)OCC2CC2)c1. The lowest BCUT2D eigenvalue weighted by atomic mass is 10.3. The first kappa shape index (κ1) is 8.75. The number of carbonyl (C=O) groups is 1. The van der Waals surface area contributed by atoms with Gasteiger partial charge in [0.05, 0.1) is 6.61 Å². The summed E-state index contributed by atoms with van der Waals surface area (Å²) in [5, 5.41) is 1.97. The second-order valence-corrected chi connectivity index (χ2v) is 4.44. The average Bonchev–Trinajstić information content (AvgIpc) is 2.84. The maximum atomic E-state index is 11.4. The van der Waals surface area contributed by atoms with Crippen molar-refractivity contribution in [3.8, 4) is 0 Å². The molecule has 2 nitrogen and oxygen atoms in total. The van der Waals surface area contributed by atoms with E-state index in [2.05, 4.69) is 0 Å². The molecule has 1 aromatic rings. The minimum atomic E-state index is -0.162. The Morgan fingerprint density at radius 3 is 3.00 bits per heavy atom. The van der Waals surface area contributed by atoms with E-state index in [0.717, 1.165) is 10.4 Å². The lowest BCUT2D eigenvalue weighted by Crippen LogP contribution is -2.05. The van der Waals surface area contributed by atoms with Crippen LogP contribution in [0.4, 0.5) is 0 Å². The molecule has 2 rings (SSSR count). The van der Waals surface area contributed by atoms with Crippen LogP contribution in [0.2, 0.25) is 0 Å². The van der Waals surface area contributed by atoms with Crippen LogP contribution in [0.25, 0.3) is 0 Å². The van der Waals surface area contributed by atoms with Crippen LogP contribution in [-0.2, 0) is 4.74 Å². The molecule has 0 N–H and O–H groups in total. The van der Waals surface area contributed by atoms with Gasteiger partial charge in [0.25, 0.3) is 0 Å². The molecule has 1 fully saturated rings. The molecule has 1 saturated carbocycles. The molecule has 0 atom stereocenters. The summed E-state index contributed by atoms with van der Waals surface area (Å²) in [4.78, 5) is 12.1. The Bertz CT molecular complexity index is 312. The first-order chi connectivity index (χ1) is 6.25. The average molecular weight is 196 g/mol. The maximum absolute atomic E-state index is 11.4. The number of esters is 1. The highest BCUT2D eigenvalue weighted by atomic mass is 32.1. The first-order valence-electron chi connectivity index (χ1n) is 4.48. The fourth-order valence-corrected chi connectivity index (χ4v) is 1.88. The van der Waals surface area contributed by atoms with Crippen LogP contribution in [0.15, 0.2) is 11.4 Å². The molecule has 1 aliphatic carbocycles. The van der Waals surface area contributed by atoms with E-state index in [4.69, 9.17) is 4.74 Å². The van der Waals surface area contributed by atoms with Crippen molar-refractivity contribution in [1.82, 2.24) is 0 Å². The largest absolute Gasteiger partial charge is 0.461 e. The van der Waals surface area contributed by atoms with Crippen LogP contribution in [0, 0.1) is 12.8 Å². The number of ether oxygens (including phenoxy) is 1. The van der Waals surface area contributed by atoms with Crippen molar-refractivity contribution in [2.24, 2.45) is 5.92 Å². The van der Waals surface area contributed by atoms with Crippen LogP contribution in [0.5, 0.6) is 0 Å². The zero-order chi connectivity index (χ0) is 9.26. The molecule has 0 aliphatic heterocycles. The van der Waals surface area contributed by atoms with Crippen molar-refractivity contribution in [1.29, 1.82) is 0 Å². The lowest BCUT2D eigenvalue weighted by Gasteiger charge is -1.99. The number of thiophene rings is 1. The highest BCUT2D eigenvalue weighted by Gasteiger charge is 2.23. The zero-order valence-electron chi connectivity index (χ0n) is 7.58. The standard InChI is InChI=1S/C10H12O2S/c1-7-4-9(13-6-7)10(11)12-5-8-2-3-8/h4,6,8H,2-3,5H2,1H3. The zero-order valence-corrected chi connectivity index (χ0v) is 8.39. The highest BCUT2D eigenvalue weighted by Crippen LogP contribution is 2.29. The molecular formula is C10H12O2S. The van der Waals surface area contributed by atoms with Crippen LogP contribution in [0.1, 0.15) is 28.1 Å². The molecule has 0 radical (unpaired) electrons. The molecule has 1 heterocycles. The first-order valence-corrected chi connectivity index (χ1v) is 5.36.